The first kappa shape index (κ1) is 31.2. The van der Waals surface area contributed by atoms with E-state index in [0.717, 1.165) is 62.8 Å². The van der Waals surface area contributed by atoms with Crippen molar-refractivity contribution in [1.82, 2.24) is 19.9 Å². The molecule has 1 unspecified atom stereocenters. The normalized spacial score (nSPS) is 13.9. The summed E-state index contributed by atoms with van der Waals surface area (Å²) in [4.78, 5) is 19.7. The van der Waals surface area contributed by atoms with Gasteiger partial charge >= 0.3 is 0 Å². The number of aromatic nitrogens is 4. The Morgan fingerprint density at radius 3 is 1.81 bits per heavy atom. The quantitative estimate of drug-likeness (QED) is 0.170. The Bertz CT molecular complexity index is 2460. The average Bonchev–Trinajstić information content (AvgIpc) is 3.24. The molecule has 1 aliphatic rings. The van der Waals surface area contributed by atoms with E-state index in [1.165, 1.54) is 27.5 Å². The SMILES string of the molecule is C1=CC(c2cc(-c3ccccc3)nc(-c3ccccc3)n2)CC(c2c(-c3cc(-c4ccccn4)cc(-c4ccccn4)c3)ccc3ccccc23)=C1. The third-order valence-electron chi connectivity index (χ3n) is 9.72. The minimum atomic E-state index is 0.0590. The third-order valence-corrected chi connectivity index (χ3v) is 9.72. The highest BCUT2D eigenvalue weighted by molar-refractivity contribution is 6.02. The summed E-state index contributed by atoms with van der Waals surface area (Å²) in [5, 5.41) is 2.43. The molecule has 0 amide bonds. The zero-order valence-corrected chi connectivity index (χ0v) is 28.5. The molecule has 246 valence electrons. The van der Waals surface area contributed by atoms with Crippen molar-refractivity contribution in [2.75, 3.05) is 0 Å². The van der Waals surface area contributed by atoms with Crippen LogP contribution >= 0.6 is 0 Å². The molecule has 0 fully saturated rings. The van der Waals surface area contributed by atoms with Crippen LogP contribution in [0.3, 0.4) is 0 Å². The van der Waals surface area contributed by atoms with E-state index in [9.17, 15) is 0 Å². The van der Waals surface area contributed by atoms with Crippen LogP contribution in [0, 0.1) is 0 Å². The largest absolute Gasteiger partial charge is 0.256 e. The summed E-state index contributed by atoms with van der Waals surface area (Å²) in [6.07, 6.45) is 11.3. The highest BCUT2D eigenvalue weighted by Crippen LogP contribution is 2.43. The van der Waals surface area contributed by atoms with Crippen molar-refractivity contribution in [3.8, 4) is 56.3 Å². The molecule has 3 heterocycles. The number of hydrogen-bond donors (Lipinski definition) is 0. The van der Waals surface area contributed by atoms with E-state index in [-0.39, 0.29) is 5.92 Å². The van der Waals surface area contributed by atoms with E-state index >= 15 is 0 Å². The fourth-order valence-electron chi connectivity index (χ4n) is 7.20. The van der Waals surface area contributed by atoms with Crippen LogP contribution in [-0.2, 0) is 0 Å². The van der Waals surface area contributed by atoms with E-state index < -0.39 is 0 Å². The van der Waals surface area contributed by atoms with Crippen molar-refractivity contribution in [1.29, 1.82) is 0 Å². The topological polar surface area (TPSA) is 51.6 Å². The Balaban J connectivity index is 1.19. The summed E-state index contributed by atoms with van der Waals surface area (Å²) in [7, 11) is 0. The molecule has 4 nitrogen and oxygen atoms in total. The lowest BCUT2D eigenvalue weighted by Crippen LogP contribution is -2.07. The molecule has 9 rings (SSSR count). The Kier molecular flexibility index (Phi) is 8.32. The summed E-state index contributed by atoms with van der Waals surface area (Å²) in [6.45, 7) is 0. The molecule has 8 aromatic rings. The minimum absolute atomic E-state index is 0.0590. The van der Waals surface area contributed by atoms with Crippen molar-refractivity contribution in [2.24, 2.45) is 0 Å². The maximum Gasteiger partial charge on any atom is 0.160 e. The van der Waals surface area contributed by atoms with Gasteiger partial charge in [0.2, 0.25) is 0 Å². The molecule has 0 N–H and O–H groups in total. The van der Waals surface area contributed by atoms with Crippen LogP contribution in [0.5, 0.6) is 0 Å². The molecule has 52 heavy (non-hydrogen) atoms. The lowest BCUT2D eigenvalue weighted by molar-refractivity contribution is 0.823. The number of benzene rings is 5. The lowest BCUT2D eigenvalue weighted by atomic mass is 9.82. The first-order valence-corrected chi connectivity index (χ1v) is 17.6. The van der Waals surface area contributed by atoms with Crippen molar-refractivity contribution in [2.45, 2.75) is 12.3 Å². The summed E-state index contributed by atoms with van der Waals surface area (Å²) in [6, 6.07) is 54.9. The molecule has 0 aliphatic heterocycles. The van der Waals surface area contributed by atoms with Crippen molar-refractivity contribution in [3.63, 3.8) is 0 Å². The number of fused-ring (bicyclic) bond motifs is 1. The first-order valence-electron chi connectivity index (χ1n) is 17.6. The summed E-state index contributed by atoms with van der Waals surface area (Å²) in [5.41, 5.74) is 12.8. The third kappa shape index (κ3) is 6.23. The second-order valence-corrected chi connectivity index (χ2v) is 13.1. The molecular weight excluding hydrogens is 633 g/mol. The van der Waals surface area contributed by atoms with Gasteiger partial charge < -0.3 is 0 Å². The molecule has 0 bridgehead atoms. The number of allylic oxidation sites excluding steroid dienone is 4. The van der Waals surface area contributed by atoms with Gasteiger partial charge in [0.25, 0.3) is 0 Å². The van der Waals surface area contributed by atoms with E-state index in [0.29, 0.717) is 0 Å². The summed E-state index contributed by atoms with van der Waals surface area (Å²) < 4.78 is 0. The van der Waals surface area contributed by atoms with Gasteiger partial charge in [-0.05, 0) is 88.0 Å². The van der Waals surface area contributed by atoms with Crippen LogP contribution in [0.4, 0.5) is 0 Å². The fraction of sp³-hybridized carbons (Fsp3) is 0.0417. The number of rotatable bonds is 7. The monoisotopic (exact) mass is 666 g/mol. The van der Waals surface area contributed by atoms with E-state index in [4.69, 9.17) is 19.9 Å². The second-order valence-electron chi connectivity index (χ2n) is 13.1. The summed E-state index contributed by atoms with van der Waals surface area (Å²) in [5.74, 6) is 0.796. The Morgan fingerprint density at radius 2 is 1.12 bits per heavy atom. The van der Waals surface area contributed by atoms with Gasteiger partial charge in [-0.3, -0.25) is 9.97 Å². The number of pyridine rings is 2. The van der Waals surface area contributed by atoms with E-state index in [2.05, 4.69) is 127 Å². The van der Waals surface area contributed by atoms with Crippen LogP contribution in [0.25, 0.3) is 72.6 Å². The van der Waals surface area contributed by atoms with Gasteiger partial charge in [-0.15, -0.1) is 0 Å². The highest BCUT2D eigenvalue weighted by atomic mass is 14.9. The van der Waals surface area contributed by atoms with Crippen LogP contribution in [0.2, 0.25) is 0 Å². The Labute approximate surface area is 303 Å². The number of hydrogen-bond acceptors (Lipinski definition) is 4. The van der Waals surface area contributed by atoms with Crippen LogP contribution in [0.15, 0.2) is 188 Å². The smallest absolute Gasteiger partial charge is 0.160 e. The predicted octanol–water partition coefficient (Wildman–Crippen LogP) is 11.9. The van der Waals surface area contributed by atoms with Gasteiger partial charge in [0.1, 0.15) is 0 Å². The van der Waals surface area contributed by atoms with Gasteiger partial charge in [-0.2, -0.15) is 0 Å². The molecule has 0 saturated carbocycles. The fourth-order valence-corrected chi connectivity index (χ4v) is 7.20. The molecule has 0 radical (unpaired) electrons. The van der Waals surface area contributed by atoms with Gasteiger partial charge in [-0.25, -0.2) is 9.97 Å². The zero-order valence-electron chi connectivity index (χ0n) is 28.5. The molecular formula is C48H34N4. The molecule has 1 aliphatic carbocycles. The van der Waals surface area contributed by atoms with E-state index in [1.54, 1.807) is 0 Å². The van der Waals surface area contributed by atoms with Crippen molar-refractivity contribution in [3.05, 3.63) is 200 Å². The summed E-state index contributed by atoms with van der Waals surface area (Å²) >= 11 is 0. The average molecular weight is 667 g/mol. The predicted molar refractivity (Wildman–Crippen MR) is 213 cm³/mol. The van der Waals surface area contributed by atoms with Gasteiger partial charge in [0, 0.05) is 40.6 Å². The molecule has 5 aromatic carbocycles. The minimum Gasteiger partial charge on any atom is -0.256 e. The van der Waals surface area contributed by atoms with Crippen LogP contribution < -0.4 is 0 Å². The zero-order chi connectivity index (χ0) is 34.7. The van der Waals surface area contributed by atoms with Crippen LogP contribution in [0.1, 0.15) is 23.6 Å². The highest BCUT2D eigenvalue weighted by Gasteiger charge is 2.23. The molecule has 4 heteroatoms. The Hall–Kier alpha value is -6.78. The van der Waals surface area contributed by atoms with Crippen molar-refractivity contribution >= 4 is 16.3 Å². The molecule has 3 aromatic heterocycles. The lowest BCUT2D eigenvalue weighted by Gasteiger charge is -2.23. The maximum atomic E-state index is 5.21. The van der Waals surface area contributed by atoms with Gasteiger partial charge in [0.15, 0.2) is 5.82 Å². The van der Waals surface area contributed by atoms with Gasteiger partial charge in [0.05, 0.1) is 22.8 Å². The van der Waals surface area contributed by atoms with Crippen LogP contribution in [-0.4, -0.2) is 19.9 Å². The van der Waals surface area contributed by atoms with Gasteiger partial charge in [-0.1, -0.05) is 127 Å². The van der Waals surface area contributed by atoms with Crippen molar-refractivity contribution < 1.29 is 0 Å². The Morgan fingerprint density at radius 1 is 0.481 bits per heavy atom. The standard InChI is InChI=1S/C48H34N4/c1-3-15-34(16-4-1)45-32-46(52-48(51-45)35-17-5-2-6-18-35)36-19-13-20-37(28-36)47-41-21-8-7-14-33(41)24-25-42(47)38-29-39(43-22-9-11-26-49-43)31-40(30-38)44-23-10-12-27-50-44/h1-27,29-32,36H,28H2. The maximum absolute atomic E-state index is 5.21. The first-order chi connectivity index (χ1) is 25.8. The molecule has 0 spiro atoms. The molecule has 1 atom stereocenters. The number of nitrogens with zero attached hydrogens (tertiary/aromatic N) is 4. The van der Waals surface area contributed by atoms with E-state index in [1.807, 2.05) is 60.9 Å². The second kappa shape index (κ2) is 13.9. The molecule has 0 saturated heterocycles.